The molecule has 2 aromatic rings. The number of ether oxygens (including phenoxy) is 1. The van der Waals surface area contributed by atoms with Crippen LogP contribution in [0, 0.1) is 0 Å². The standard InChI is InChI=1S/C21H22ClN3O3/c22-18-8-2-1-7-17(18)19-9-4-10-25(19)20(26)23-14-15-5-3-6-16(13-15)24-11-12-28-21(24)27/h1-3,5-8,13,19H,4,9-12,14H2,(H,23,26)/t19-/m1/s1. The lowest BCUT2D eigenvalue weighted by molar-refractivity contribution is 0.181. The van der Waals surface area contributed by atoms with E-state index in [1.54, 1.807) is 4.90 Å². The van der Waals surface area contributed by atoms with Gasteiger partial charge in [0.2, 0.25) is 0 Å². The maximum absolute atomic E-state index is 12.8. The number of nitrogens with zero attached hydrogens (tertiary/aromatic N) is 2. The highest BCUT2D eigenvalue weighted by atomic mass is 35.5. The van der Waals surface area contributed by atoms with Crippen molar-refractivity contribution in [1.82, 2.24) is 10.2 Å². The maximum Gasteiger partial charge on any atom is 0.414 e. The average molecular weight is 400 g/mol. The predicted molar refractivity (Wildman–Crippen MR) is 108 cm³/mol. The number of likely N-dealkylation sites (tertiary alicyclic amines) is 1. The molecule has 7 heteroatoms. The van der Waals surface area contributed by atoms with Gasteiger partial charge in [-0.1, -0.05) is 41.9 Å². The predicted octanol–water partition coefficient (Wildman–Crippen LogP) is 4.34. The number of carbonyl (C=O) groups excluding carboxylic acids is 2. The molecular weight excluding hydrogens is 378 g/mol. The molecule has 4 rings (SSSR count). The normalized spacial score (nSPS) is 19.0. The van der Waals surface area contributed by atoms with E-state index in [9.17, 15) is 9.59 Å². The second-order valence-electron chi connectivity index (χ2n) is 6.97. The van der Waals surface area contributed by atoms with Gasteiger partial charge in [0, 0.05) is 23.8 Å². The number of anilines is 1. The summed E-state index contributed by atoms with van der Waals surface area (Å²) in [5, 5.41) is 3.69. The van der Waals surface area contributed by atoms with Gasteiger partial charge in [0.15, 0.2) is 0 Å². The summed E-state index contributed by atoms with van der Waals surface area (Å²) in [6, 6.07) is 15.2. The van der Waals surface area contributed by atoms with Crippen LogP contribution in [0.1, 0.15) is 30.0 Å². The van der Waals surface area contributed by atoms with E-state index in [0.29, 0.717) is 31.3 Å². The first-order valence-corrected chi connectivity index (χ1v) is 9.83. The number of amides is 3. The first-order valence-electron chi connectivity index (χ1n) is 9.45. The number of cyclic esters (lactones) is 1. The molecule has 0 aliphatic carbocycles. The van der Waals surface area contributed by atoms with Crippen molar-refractivity contribution in [1.29, 1.82) is 0 Å². The fourth-order valence-electron chi connectivity index (χ4n) is 3.82. The van der Waals surface area contributed by atoms with Crippen molar-refractivity contribution in [2.24, 2.45) is 0 Å². The summed E-state index contributed by atoms with van der Waals surface area (Å²) >= 11 is 6.34. The number of hydrogen-bond donors (Lipinski definition) is 1. The summed E-state index contributed by atoms with van der Waals surface area (Å²) in [5.41, 5.74) is 2.70. The minimum atomic E-state index is -0.333. The first kappa shape index (κ1) is 18.6. The molecule has 0 unspecified atom stereocenters. The monoisotopic (exact) mass is 399 g/mol. The number of nitrogens with one attached hydrogen (secondary N) is 1. The lowest BCUT2D eigenvalue weighted by atomic mass is 10.0. The Morgan fingerprint density at radius 3 is 2.82 bits per heavy atom. The fraction of sp³-hybridized carbons (Fsp3) is 0.333. The van der Waals surface area contributed by atoms with E-state index in [1.807, 2.05) is 53.4 Å². The number of hydrogen-bond acceptors (Lipinski definition) is 3. The molecule has 146 valence electrons. The third kappa shape index (κ3) is 3.78. The minimum absolute atomic E-state index is 0.000551. The van der Waals surface area contributed by atoms with Gasteiger partial charge in [-0.15, -0.1) is 0 Å². The molecule has 2 aliphatic heterocycles. The highest BCUT2D eigenvalue weighted by Crippen LogP contribution is 2.35. The highest BCUT2D eigenvalue weighted by molar-refractivity contribution is 6.31. The van der Waals surface area contributed by atoms with Crippen LogP contribution in [0.25, 0.3) is 0 Å². The van der Waals surface area contributed by atoms with Gasteiger partial charge < -0.3 is 15.0 Å². The summed E-state index contributed by atoms with van der Waals surface area (Å²) in [7, 11) is 0. The van der Waals surface area contributed by atoms with Gasteiger partial charge in [-0.2, -0.15) is 0 Å². The zero-order valence-electron chi connectivity index (χ0n) is 15.4. The van der Waals surface area contributed by atoms with Gasteiger partial charge in [-0.3, -0.25) is 4.90 Å². The van der Waals surface area contributed by atoms with Crippen molar-refractivity contribution in [3.05, 3.63) is 64.7 Å². The van der Waals surface area contributed by atoms with E-state index < -0.39 is 0 Å². The van der Waals surface area contributed by atoms with Crippen LogP contribution in [0.5, 0.6) is 0 Å². The van der Waals surface area contributed by atoms with Crippen LogP contribution in [0.15, 0.2) is 48.5 Å². The first-order chi connectivity index (χ1) is 13.6. The molecule has 1 N–H and O–H groups in total. The number of halogens is 1. The van der Waals surface area contributed by atoms with Crippen molar-refractivity contribution < 1.29 is 14.3 Å². The van der Waals surface area contributed by atoms with E-state index in [1.165, 1.54) is 0 Å². The van der Waals surface area contributed by atoms with Crippen molar-refractivity contribution >= 4 is 29.4 Å². The molecular formula is C21H22ClN3O3. The Morgan fingerprint density at radius 2 is 2.04 bits per heavy atom. The molecule has 0 spiro atoms. The summed E-state index contributed by atoms with van der Waals surface area (Å²) in [6.07, 6.45) is 1.53. The molecule has 1 atom stereocenters. The Balaban J connectivity index is 1.42. The smallest absolute Gasteiger partial charge is 0.414 e. The summed E-state index contributed by atoms with van der Waals surface area (Å²) in [5.74, 6) is 0. The Bertz CT molecular complexity index is 889. The zero-order valence-corrected chi connectivity index (χ0v) is 16.2. The van der Waals surface area contributed by atoms with E-state index >= 15 is 0 Å². The quantitative estimate of drug-likeness (QED) is 0.831. The largest absolute Gasteiger partial charge is 0.447 e. The third-order valence-electron chi connectivity index (χ3n) is 5.20. The molecule has 0 radical (unpaired) electrons. The number of rotatable bonds is 4. The maximum atomic E-state index is 12.8. The Morgan fingerprint density at radius 1 is 1.18 bits per heavy atom. The Kier molecular flexibility index (Phi) is 5.39. The summed E-state index contributed by atoms with van der Waals surface area (Å²) in [6.45, 7) is 2.04. The van der Waals surface area contributed by atoms with Crippen molar-refractivity contribution in [2.75, 3.05) is 24.6 Å². The number of urea groups is 1. The van der Waals surface area contributed by atoms with Crippen LogP contribution in [0.4, 0.5) is 15.3 Å². The SMILES string of the molecule is O=C1OCCN1c1cccc(CNC(=O)N2CCC[C@@H]2c2ccccc2Cl)c1. The molecule has 0 aromatic heterocycles. The molecule has 2 saturated heterocycles. The average Bonchev–Trinajstić information content (AvgIpc) is 3.36. The van der Waals surface area contributed by atoms with Gasteiger partial charge in [0.05, 0.1) is 12.6 Å². The zero-order chi connectivity index (χ0) is 19.5. The second kappa shape index (κ2) is 8.10. The molecule has 0 bridgehead atoms. The van der Waals surface area contributed by atoms with Crippen LogP contribution in [0.2, 0.25) is 5.02 Å². The number of benzene rings is 2. The van der Waals surface area contributed by atoms with Crippen LogP contribution in [0.3, 0.4) is 0 Å². The Labute approximate surface area is 169 Å². The van der Waals surface area contributed by atoms with Crippen LogP contribution in [-0.4, -0.2) is 36.7 Å². The molecule has 6 nitrogen and oxygen atoms in total. The highest BCUT2D eigenvalue weighted by Gasteiger charge is 2.31. The van der Waals surface area contributed by atoms with Crippen molar-refractivity contribution in [2.45, 2.75) is 25.4 Å². The molecule has 28 heavy (non-hydrogen) atoms. The molecule has 2 aliphatic rings. The van der Waals surface area contributed by atoms with E-state index in [0.717, 1.165) is 29.7 Å². The van der Waals surface area contributed by atoms with E-state index in [2.05, 4.69) is 5.32 Å². The second-order valence-corrected chi connectivity index (χ2v) is 7.37. The van der Waals surface area contributed by atoms with Crippen molar-refractivity contribution in [3.8, 4) is 0 Å². The fourth-order valence-corrected chi connectivity index (χ4v) is 4.08. The van der Waals surface area contributed by atoms with Gasteiger partial charge in [0.25, 0.3) is 0 Å². The van der Waals surface area contributed by atoms with Gasteiger partial charge in [0.1, 0.15) is 6.61 Å². The summed E-state index contributed by atoms with van der Waals surface area (Å²) in [4.78, 5) is 28.0. The molecule has 2 aromatic carbocycles. The van der Waals surface area contributed by atoms with E-state index in [4.69, 9.17) is 16.3 Å². The van der Waals surface area contributed by atoms with Crippen molar-refractivity contribution in [3.63, 3.8) is 0 Å². The topological polar surface area (TPSA) is 61.9 Å². The van der Waals surface area contributed by atoms with E-state index in [-0.39, 0.29) is 18.2 Å². The minimum Gasteiger partial charge on any atom is -0.447 e. The van der Waals surface area contributed by atoms with Crippen LogP contribution >= 0.6 is 11.6 Å². The van der Waals surface area contributed by atoms with Gasteiger partial charge in [-0.25, -0.2) is 9.59 Å². The third-order valence-corrected chi connectivity index (χ3v) is 5.55. The van der Waals surface area contributed by atoms with Crippen LogP contribution in [-0.2, 0) is 11.3 Å². The molecule has 0 saturated carbocycles. The summed E-state index contributed by atoms with van der Waals surface area (Å²) < 4.78 is 4.99. The lowest BCUT2D eigenvalue weighted by Crippen LogP contribution is -2.39. The number of carbonyl (C=O) groups is 2. The van der Waals surface area contributed by atoms with Gasteiger partial charge in [-0.05, 0) is 42.2 Å². The lowest BCUT2D eigenvalue weighted by Gasteiger charge is -2.26. The Hall–Kier alpha value is -2.73. The van der Waals surface area contributed by atoms with Gasteiger partial charge >= 0.3 is 12.1 Å². The molecule has 2 heterocycles. The van der Waals surface area contributed by atoms with Crippen LogP contribution < -0.4 is 10.2 Å². The molecule has 2 fully saturated rings. The molecule has 3 amide bonds.